The third-order valence-electron chi connectivity index (χ3n) is 2.94. The molecule has 0 saturated heterocycles. The van der Waals surface area contributed by atoms with Crippen LogP contribution in [0.4, 0.5) is 0 Å². The topological polar surface area (TPSA) is 26.0 Å². The van der Waals surface area contributed by atoms with Crippen molar-refractivity contribution in [1.82, 2.24) is 0 Å². The first-order valence-electron chi connectivity index (χ1n) is 5.99. The van der Waals surface area contributed by atoms with E-state index in [1.807, 2.05) is 36.4 Å². The molecule has 2 aromatic rings. The molecule has 0 heterocycles. The molecule has 0 bridgehead atoms. The summed E-state index contributed by atoms with van der Waals surface area (Å²) in [6.07, 6.45) is 1.42. The van der Waals surface area contributed by atoms with Crippen molar-refractivity contribution < 1.29 is 0 Å². The fraction of sp³-hybridized carbons (Fsp3) is 0.200. The molecule has 0 aliphatic rings. The molecule has 4 heteroatoms. The van der Waals surface area contributed by atoms with Gasteiger partial charge in [0.25, 0.3) is 0 Å². The summed E-state index contributed by atoms with van der Waals surface area (Å²) < 4.78 is 0. The number of halogens is 3. The van der Waals surface area contributed by atoms with Gasteiger partial charge < -0.3 is 5.73 Å². The molecule has 0 aliphatic carbocycles. The van der Waals surface area contributed by atoms with Gasteiger partial charge in [-0.15, -0.1) is 0 Å². The van der Waals surface area contributed by atoms with Crippen molar-refractivity contribution in [1.29, 1.82) is 0 Å². The van der Waals surface area contributed by atoms with Gasteiger partial charge in [-0.1, -0.05) is 59.1 Å². The van der Waals surface area contributed by atoms with Gasteiger partial charge in [0, 0.05) is 21.1 Å². The molecule has 0 radical (unpaired) electrons. The van der Waals surface area contributed by atoms with Gasteiger partial charge in [-0.3, -0.25) is 0 Å². The van der Waals surface area contributed by atoms with Crippen LogP contribution in [0.3, 0.4) is 0 Å². The normalized spacial score (nSPS) is 12.4. The highest BCUT2D eigenvalue weighted by Gasteiger charge is 2.10. The van der Waals surface area contributed by atoms with Crippen LogP contribution in [0.25, 0.3) is 0 Å². The van der Waals surface area contributed by atoms with Crippen molar-refractivity contribution in [2.45, 2.75) is 18.9 Å². The highest BCUT2D eigenvalue weighted by atomic mass is 35.5. The zero-order valence-electron chi connectivity index (χ0n) is 10.2. The number of benzene rings is 2. The first kappa shape index (κ1) is 14.7. The summed E-state index contributed by atoms with van der Waals surface area (Å²) >= 11 is 18.1. The monoisotopic (exact) mass is 313 g/mol. The van der Waals surface area contributed by atoms with Crippen LogP contribution in [0.5, 0.6) is 0 Å². The first-order valence-corrected chi connectivity index (χ1v) is 7.12. The number of rotatable bonds is 4. The Morgan fingerprint density at radius 2 is 1.47 bits per heavy atom. The van der Waals surface area contributed by atoms with E-state index in [9.17, 15) is 0 Å². The Bertz CT molecular complexity index is 569. The average molecular weight is 315 g/mol. The zero-order chi connectivity index (χ0) is 13.8. The molecule has 1 unspecified atom stereocenters. The Kier molecular flexibility index (Phi) is 5.12. The summed E-state index contributed by atoms with van der Waals surface area (Å²) in [6.45, 7) is 0. The van der Waals surface area contributed by atoms with Gasteiger partial charge in [0.1, 0.15) is 0 Å². The Labute approximate surface area is 128 Å². The number of hydrogen-bond donors (Lipinski definition) is 1. The van der Waals surface area contributed by atoms with E-state index in [1.165, 1.54) is 0 Å². The third-order valence-corrected chi connectivity index (χ3v) is 3.89. The maximum Gasteiger partial charge on any atom is 0.0453 e. The van der Waals surface area contributed by atoms with Crippen LogP contribution in [0.15, 0.2) is 42.5 Å². The predicted octanol–water partition coefficient (Wildman–Crippen LogP) is 4.76. The highest BCUT2D eigenvalue weighted by Crippen LogP contribution is 2.23. The van der Waals surface area contributed by atoms with Crippen LogP contribution >= 0.6 is 34.8 Å². The lowest BCUT2D eigenvalue weighted by molar-refractivity contribution is 0.665. The quantitative estimate of drug-likeness (QED) is 0.865. The van der Waals surface area contributed by atoms with Gasteiger partial charge in [0.05, 0.1) is 0 Å². The lowest BCUT2D eigenvalue weighted by atomic mass is 10.00. The minimum atomic E-state index is -0.0291. The van der Waals surface area contributed by atoms with Gasteiger partial charge in [-0.2, -0.15) is 0 Å². The lowest BCUT2D eigenvalue weighted by Gasteiger charge is -2.14. The van der Waals surface area contributed by atoms with Crippen molar-refractivity contribution >= 4 is 34.8 Å². The van der Waals surface area contributed by atoms with E-state index in [0.29, 0.717) is 16.5 Å². The first-order chi connectivity index (χ1) is 9.06. The summed E-state index contributed by atoms with van der Waals surface area (Å²) in [5.41, 5.74) is 8.23. The van der Waals surface area contributed by atoms with E-state index in [1.54, 1.807) is 6.07 Å². The molecule has 100 valence electrons. The van der Waals surface area contributed by atoms with Crippen LogP contribution in [-0.2, 0) is 12.8 Å². The third kappa shape index (κ3) is 4.12. The fourth-order valence-corrected chi connectivity index (χ4v) is 2.69. The summed E-state index contributed by atoms with van der Waals surface area (Å²) in [4.78, 5) is 0. The largest absolute Gasteiger partial charge is 0.327 e. The fourth-order valence-electron chi connectivity index (χ4n) is 1.99. The summed E-state index contributed by atoms with van der Waals surface area (Å²) in [5, 5.41) is 2.04. The van der Waals surface area contributed by atoms with Gasteiger partial charge in [-0.25, -0.2) is 0 Å². The van der Waals surface area contributed by atoms with Crippen molar-refractivity contribution in [3.63, 3.8) is 0 Å². The standard InChI is InChI=1S/C15H14Cl3N/c16-12-6-5-11(15(18)9-12)8-13(19)7-10-3-1-2-4-14(10)17/h1-6,9,13H,7-8,19H2. The van der Waals surface area contributed by atoms with Crippen molar-refractivity contribution in [3.05, 3.63) is 68.7 Å². The van der Waals surface area contributed by atoms with Crippen molar-refractivity contribution in [3.8, 4) is 0 Å². The molecule has 0 aliphatic heterocycles. The molecular weight excluding hydrogens is 301 g/mol. The number of nitrogens with two attached hydrogens (primary N) is 1. The average Bonchev–Trinajstić information content (AvgIpc) is 2.36. The predicted molar refractivity (Wildman–Crippen MR) is 83.3 cm³/mol. The maximum absolute atomic E-state index is 6.16. The molecule has 2 rings (SSSR count). The molecule has 0 aromatic heterocycles. The Morgan fingerprint density at radius 1 is 0.842 bits per heavy atom. The van der Waals surface area contributed by atoms with E-state index in [4.69, 9.17) is 40.5 Å². The smallest absolute Gasteiger partial charge is 0.0453 e. The van der Waals surface area contributed by atoms with Crippen LogP contribution in [-0.4, -0.2) is 6.04 Å². The minimum absolute atomic E-state index is 0.0291. The summed E-state index contributed by atoms with van der Waals surface area (Å²) in [6, 6.07) is 13.2. The molecular formula is C15H14Cl3N. The highest BCUT2D eigenvalue weighted by molar-refractivity contribution is 6.35. The maximum atomic E-state index is 6.16. The second-order valence-electron chi connectivity index (χ2n) is 4.50. The minimum Gasteiger partial charge on any atom is -0.327 e. The van der Waals surface area contributed by atoms with Crippen LogP contribution in [0, 0.1) is 0 Å². The molecule has 0 spiro atoms. The molecule has 1 atom stereocenters. The lowest BCUT2D eigenvalue weighted by Crippen LogP contribution is -2.25. The molecule has 19 heavy (non-hydrogen) atoms. The van der Waals surface area contributed by atoms with Crippen LogP contribution in [0.1, 0.15) is 11.1 Å². The molecule has 2 aromatic carbocycles. The number of hydrogen-bond acceptors (Lipinski definition) is 1. The molecule has 1 nitrogen and oxygen atoms in total. The molecule has 0 fully saturated rings. The second kappa shape index (κ2) is 6.62. The molecule has 0 saturated carbocycles. The van der Waals surface area contributed by atoms with E-state index < -0.39 is 0 Å². The second-order valence-corrected chi connectivity index (χ2v) is 5.75. The van der Waals surface area contributed by atoms with E-state index >= 15 is 0 Å². The van der Waals surface area contributed by atoms with Gasteiger partial charge in [-0.05, 0) is 42.2 Å². The zero-order valence-corrected chi connectivity index (χ0v) is 12.5. The van der Waals surface area contributed by atoms with Crippen molar-refractivity contribution in [2.24, 2.45) is 5.73 Å². The SMILES string of the molecule is NC(Cc1ccccc1Cl)Cc1ccc(Cl)cc1Cl. The van der Waals surface area contributed by atoms with Gasteiger partial charge >= 0.3 is 0 Å². The van der Waals surface area contributed by atoms with Crippen LogP contribution < -0.4 is 5.73 Å². The van der Waals surface area contributed by atoms with Crippen molar-refractivity contribution in [2.75, 3.05) is 0 Å². The molecule has 2 N–H and O–H groups in total. The van der Waals surface area contributed by atoms with Gasteiger partial charge in [0.15, 0.2) is 0 Å². The Morgan fingerprint density at radius 3 is 2.11 bits per heavy atom. The summed E-state index contributed by atoms with van der Waals surface area (Å²) in [5.74, 6) is 0. The van der Waals surface area contributed by atoms with Crippen LogP contribution in [0.2, 0.25) is 15.1 Å². The van der Waals surface area contributed by atoms with E-state index in [-0.39, 0.29) is 6.04 Å². The molecule has 0 amide bonds. The Balaban J connectivity index is 2.05. The van der Waals surface area contributed by atoms with Gasteiger partial charge in [0.2, 0.25) is 0 Å². The van der Waals surface area contributed by atoms with E-state index in [2.05, 4.69) is 0 Å². The Hall–Kier alpha value is -0.730. The summed E-state index contributed by atoms with van der Waals surface area (Å²) in [7, 11) is 0. The van der Waals surface area contributed by atoms with E-state index in [0.717, 1.165) is 22.6 Å².